The molecule has 4 saturated carbocycles. The molecule has 2 N–H and O–H groups in total. The van der Waals surface area contributed by atoms with Crippen LogP contribution in [0.2, 0.25) is 0 Å². The van der Waals surface area contributed by atoms with Crippen LogP contribution in [0.25, 0.3) is 0 Å². The van der Waals surface area contributed by atoms with Crippen LogP contribution < -0.4 is 0 Å². The van der Waals surface area contributed by atoms with Crippen molar-refractivity contribution in [3.05, 3.63) is 52.5 Å². The minimum absolute atomic E-state index is 0.179. The molecule has 0 aliphatic heterocycles. The molecule has 3 unspecified atom stereocenters. The number of allylic oxidation sites excluding steroid dienone is 4. The maximum Gasteiger partial charge on any atom is 0.315 e. The van der Waals surface area contributed by atoms with Gasteiger partial charge in [-0.3, -0.25) is 4.79 Å². The van der Waals surface area contributed by atoms with Gasteiger partial charge in [-0.15, -0.1) is 0 Å². The molecule has 4 fully saturated rings. The summed E-state index contributed by atoms with van der Waals surface area (Å²) in [5, 5.41) is 24.7. The van der Waals surface area contributed by atoms with Gasteiger partial charge in [-0.2, -0.15) is 4.91 Å². The number of fused-ring (bicyclic) bond motifs is 1. The monoisotopic (exact) mass is 583 g/mol. The topological polar surface area (TPSA) is 96.2 Å². The number of nitroso groups, excluding NO2 is 1. The van der Waals surface area contributed by atoms with Crippen LogP contribution in [-0.2, 0) is 9.53 Å². The van der Waals surface area contributed by atoms with Crippen LogP contribution in [0.4, 0.5) is 0 Å². The lowest BCUT2D eigenvalue weighted by Gasteiger charge is -2.44. The van der Waals surface area contributed by atoms with Crippen LogP contribution in [0.5, 0.6) is 0 Å². The predicted octanol–water partition coefficient (Wildman–Crippen LogP) is 8.24. The van der Waals surface area contributed by atoms with E-state index in [9.17, 15) is 19.9 Å². The molecule has 0 aromatic carbocycles. The third kappa shape index (κ3) is 7.35. The van der Waals surface area contributed by atoms with Gasteiger partial charge in [0.05, 0.1) is 24.2 Å². The summed E-state index contributed by atoms with van der Waals surface area (Å²) in [6.07, 6.45) is 17.5. The van der Waals surface area contributed by atoms with Crippen LogP contribution in [0.15, 0.2) is 52.8 Å². The molecule has 6 nitrogen and oxygen atoms in total. The summed E-state index contributed by atoms with van der Waals surface area (Å²) in [6.45, 7) is 17.4. The van der Waals surface area contributed by atoms with E-state index in [1.54, 1.807) is 0 Å². The molecule has 4 aliphatic carbocycles. The molecule has 0 radical (unpaired) electrons. The highest BCUT2D eigenvalue weighted by Crippen LogP contribution is 2.60. The predicted molar refractivity (Wildman–Crippen MR) is 171 cm³/mol. The largest absolute Gasteiger partial charge is 0.465 e. The van der Waals surface area contributed by atoms with Crippen molar-refractivity contribution in [3.63, 3.8) is 0 Å². The highest BCUT2D eigenvalue weighted by atomic mass is 16.5. The second-order valence-electron chi connectivity index (χ2n) is 13.8. The van der Waals surface area contributed by atoms with Crippen LogP contribution in [-0.4, -0.2) is 41.0 Å². The quantitative estimate of drug-likeness (QED) is 0.117. The first-order valence-corrected chi connectivity index (χ1v) is 16.6. The van der Waals surface area contributed by atoms with Crippen molar-refractivity contribution >= 4 is 5.97 Å². The highest BCUT2D eigenvalue weighted by Gasteiger charge is 2.56. The normalized spacial score (nSPS) is 35.3. The number of esters is 1. The second-order valence-corrected chi connectivity index (χ2v) is 13.8. The number of carbonyl (C=O) groups excluding carboxylic acids is 1. The fraction of sp³-hybridized carbons (Fsp3) is 0.750. The van der Waals surface area contributed by atoms with Gasteiger partial charge in [0.25, 0.3) is 0 Å². The van der Waals surface area contributed by atoms with Crippen molar-refractivity contribution in [3.8, 4) is 0 Å². The van der Waals surface area contributed by atoms with Crippen LogP contribution in [0.1, 0.15) is 112 Å². The van der Waals surface area contributed by atoms with Gasteiger partial charge in [0.15, 0.2) is 0 Å². The van der Waals surface area contributed by atoms with E-state index < -0.39 is 23.7 Å². The molecule has 0 amide bonds. The first kappa shape index (κ1) is 34.4. The molecule has 6 heteroatoms. The van der Waals surface area contributed by atoms with Crippen molar-refractivity contribution in [1.82, 2.24) is 0 Å². The number of aliphatic hydroxyl groups is 2. The van der Waals surface area contributed by atoms with E-state index in [2.05, 4.69) is 64.6 Å². The van der Waals surface area contributed by atoms with Crippen molar-refractivity contribution in [2.24, 2.45) is 39.7 Å². The summed E-state index contributed by atoms with van der Waals surface area (Å²) >= 11 is 0. The van der Waals surface area contributed by atoms with Crippen molar-refractivity contribution < 1.29 is 19.7 Å². The van der Waals surface area contributed by atoms with Crippen LogP contribution in [0.3, 0.4) is 0 Å². The molecule has 0 spiro atoms. The Morgan fingerprint density at radius 2 is 1.86 bits per heavy atom. The van der Waals surface area contributed by atoms with Gasteiger partial charge in [-0.1, -0.05) is 96.0 Å². The number of unbranched alkanes of at least 4 members (excludes halogenated alkanes) is 1. The maximum absolute atomic E-state index is 12.6. The zero-order chi connectivity index (χ0) is 31.1. The van der Waals surface area contributed by atoms with Gasteiger partial charge in [0.2, 0.25) is 0 Å². The minimum atomic E-state index is -0.793. The number of carbonyl (C=O) groups is 1. The molecule has 0 heterocycles. The van der Waals surface area contributed by atoms with Crippen molar-refractivity contribution in [2.45, 2.75) is 130 Å². The maximum atomic E-state index is 12.6. The molecule has 0 bridgehead atoms. The molecule has 236 valence electrons. The van der Waals surface area contributed by atoms with E-state index in [0.29, 0.717) is 49.2 Å². The SMILES string of the molecule is C=C1/C(=C\C=C2/CCCC3(C)[C@@H]([C@H](C)/C=C/[C@H](O)C4(C(=O)OCCCC)CC4)CC[C@@H]23)C[C@@H](N=O)C(C)C1O.CCC. The van der Waals surface area contributed by atoms with Gasteiger partial charge < -0.3 is 14.9 Å². The average Bonchev–Trinajstić information content (AvgIpc) is 3.71. The van der Waals surface area contributed by atoms with E-state index in [-0.39, 0.29) is 17.3 Å². The average molecular weight is 584 g/mol. The number of ether oxygens (including phenoxy) is 1. The summed E-state index contributed by atoms with van der Waals surface area (Å²) < 4.78 is 5.45. The third-order valence-corrected chi connectivity index (χ3v) is 10.7. The standard InChI is InChI=1S/C33H49NO5.C3H8/c1-6-7-19-39-31(37)33(17-18-33)29(35)15-10-21(2)26-13-14-27-24(9-8-16-32(26,27)5)11-12-25-20-28(34-38)23(4)30(36)22(25)3;1-3-2/h10-12,15,21,23,26-30,35-36H,3,6-9,13-14,16-20H2,1-2,4-5H3;3H2,1-2H3/b15-10+,24-11+,25-12-;/t21-,23?,26-,27+,28-,29+,30?,32?;/m1./s1. The molecule has 0 aromatic rings. The number of aliphatic hydroxyl groups excluding tert-OH is 2. The Kier molecular flexibility index (Phi) is 12.4. The Hall–Kier alpha value is -2.05. The number of rotatable bonds is 10. The zero-order valence-electron chi connectivity index (χ0n) is 27.1. The van der Waals surface area contributed by atoms with Crippen LogP contribution >= 0.6 is 0 Å². The molecule has 0 saturated heterocycles. The van der Waals surface area contributed by atoms with Gasteiger partial charge >= 0.3 is 5.97 Å². The fourth-order valence-corrected chi connectivity index (χ4v) is 7.73. The first-order valence-electron chi connectivity index (χ1n) is 16.6. The van der Waals surface area contributed by atoms with E-state index in [1.807, 2.05) is 13.0 Å². The Bertz CT molecular complexity index is 1040. The van der Waals surface area contributed by atoms with E-state index in [4.69, 9.17) is 4.74 Å². The molecule has 0 aromatic heterocycles. The molecule has 4 aliphatic rings. The summed E-state index contributed by atoms with van der Waals surface area (Å²) in [5.74, 6) is 0.849. The minimum Gasteiger partial charge on any atom is -0.465 e. The summed E-state index contributed by atoms with van der Waals surface area (Å²) in [7, 11) is 0. The van der Waals surface area contributed by atoms with E-state index >= 15 is 0 Å². The van der Waals surface area contributed by atoms with Crippen molar-refractivity contribution in [2.75, 3.05) is 6.61 Å². The summed E-state index contributed by atoms with van der Waals surface area (Å²) in [5.41, 5.74) is 2.54. The smallest absolute Gasteiger partial charge is 0.315 e. The number of nitrogens with zero attached hydrogens (tertiary/aromatic N) is 1. The van der Waals surface area contributed by atoms with Gasteiger partial charge in [-0.25, -0.2) is 0 Å². The lowest BCUT2D eigenvalue weighted by atomic mass is 9.61. The molecule has 8 atom stereocenters. The Morgan fingerprint density at radius 3 is 2.48 bits per heavy atom. The zero-order valence-corrected chi connectivity index (χ0v) is 27.1. The Labute approximate surface area is 254 Å². The first-order chi connectivity index (χ1) is 20.0. The van der Waals surface area contributed by atoms with Gasteiger partial charge in [0.1, 0.15) is 6.04 Å². The van der Waals surface area contributed by atoms with E-state index in [0.717, 1.165) is 44.1 Å². The van der Waals surface area contributed by atoms with Gasteiger partial charge in [0, 0.05) is 5.92 Å². The van der Waals surface area contributed by atoms with Crippen molar-refractivity contribution in [1.29, 1.82) is 0 Å². The summed E-state index contributed by atoms with van der Waals surface area (Å²) in [4.78, 5) is 23.9. The Morgan fingerprint density at radius 1 is 1.17 bits per heavy atom. The number of hydrogen-bond donors (Lipinski definition) is 2. The van der Waals surface area contributed by atoms with Gasteiger partial charge in [-0.05, 0) is 92.1 Å². The molecular weight excluding hydrogens is 526 g/mol. The fourth-order valence-electron chi connectivity index (χ4n) is 7.73. The molecule has 42 heavy (non-hydrogen) atoms. The Balaban J connectivity index is 0.00000155. The number of hydrogen-bond acceptors (Lipinski definition) is 6. The highest BCUT2D eigenvalue weighted by molar-refractivity contribution is 5.81. The lowest BCUT2D eigenvalue weighted by Crippen LogP contribution is -2.36. The van der Waals surface area contributed by atoms with E-state index in [1.165, 1.54) is 18.4 Å². The second kappa shape index (κ2) is 15.1. The third-order valence-electron chi connectivity index (χ3n) is 10.7. The molecule has 4 rings (SSSR count). The van der Waals surface area contributed by atoms with Crippen LogP contribution in [0, 0.1) is 39.4 Å². The summed E-state index contributed by atoms with van der Waals surface area (Å²) in [6, 6.07) is -0.418. The lowest BCUT2D eigenvalue weighted by molar-refractivity contribution is -0.153. The molecular formula is C36H57NO5.